The van der Waals surface area contributed by atoms with E-state index in [0.717, 1.165) is 0 Å². The Labute approximate surface area is 213 Å². The standard InChI is InChI=1S/C34H21NS/c1-2-11-24(12-3-1)35-30-17-5-4-13-26(30)28-16-8-14-25(34(28)35)23-19-20-31-29(21-23)27-15-6-9-22-10-7-18-32(36-31)33(22)27/h1-21H. The van der Waals surface area contributed by atoms with Gasteiger partial charge in [0.15, 0.2) is 0 Å². The van der Waals surface area contributed by atoms with E-state index in [9.17, 15) is 0 Å². The number of hydrogen-bond donors (Lipinski definition) is 0. The van der Waals surface area contributed by atoms with Gasteiger partial charge < -0.3 is 4.57 Å². The quantitative estimate of drug-likeness (QED) is 0.241. The second kappa shape index (κ2) is 7.61. The van der Waals surface area contributed by atoms with Crippen molar-refractivity contribution in [2.75, 3.05) is 0 Å². The number of fused-ring (bicyclic) bond motifs is 5. The molecule has 0 radical (unpaired) electrons. The van der Waals surface area contributed by atoms with Gasteiger partial charge in [0, 0.05) is 37.2 Å². The van der Waals surface area contributed by atoms with Crippen molar-refractivity contribution in [2.45, 2.75) is 9.79 Å². The topological polar surface area (TPSA) is 4.93 Å². The Morgan fingerprint density at radius 1 is 0.500 bits per heavy atom. The molecule has 1 aromatic heterocycles. The largest absolute Gasteiger partial charge is 0.309 e. The van der Waals surface area contributed by atoms with Crippen molar-refractivity contribution < 1.29 is 0 Å². The molecule has 0 atom stereocenters. The van der Waals surface area contributed by atoms with Crippen molar-refractivity contribution in [1.82, 2.24) is 4.57 Å². The molecule has 0 saturated heterocycles. The van der Waals surface area contributed by atoms with E-state index in [1.807, 2.05) is 11.8 Å². The highest BCUT2D eigenvalue weighted by Crippen LogP contribution is 2.49. The van der Waals surface area contributed by atoms with Crippen LogP contribution in [-0.2, 0) is 0 Å². The summed E-state index contributed by atoms with van der Waals surface area (Å²) in [6.07, 6.45) is 0. The van der Waals surface area contributed by atoms with Crippen LogP contribution in [0.3, 0.4) is 0 Å². The Hall–Kier alpha value is -4.27. The zero-order valence-electron chi connectivity index (χ0n) is 19.5. The Morgan fingerprint density at radius 3 is 2.17 bits per heavy atom. The second-order valence-corrected chi connectivity index (χ2v) is 10.4. The molecular formula is C34H21NS. The normalized spacial score (nSPS) is 12.3. The molecular weight excluding hydrogens is 454 g/mol. The van der Waals surface area contributed by atoms with E-state index >= 15 is 0 Å². The zero-order valence-corrected chi connectivity index (χ0v) is 20.3. The molecule has 0 N–H and O–H groups in total. The molecule has 0 amide bonds. The highest BCUT2D eigenvalue weighted by atomic mass is 32.2. The van der Waals surface area contributed by atoms with Crippen molar-refractivity contribution in [3.05, 3.63) is 127 Å². The molecule has 0 fully saturated rings. The molecule has 0 spiro atoms. The van der Waals surface area contributed by atoms with E-state index in [1.165, 1.54) is 70.3 Å². The third-order valence-electron chi connectivity index (χ3n) is 7.38. The first-order valence-corrected chi connectivity index (χ1v) is 13.1. The maximum Gasteiger partial charge on any atom is 0.0619 e. The van der Waals surface area contributed by atoms with Gasteiger partial charge in [-0.15, -0.1) is 0 Å². The molecule has 1 aliphatic heterocycles. The van der Waals surface area contributed by atoms with Crippen molar-refractivity contribution in [2.24, 2.45) is 0 Å². The molecule has 1 nitrogen and oxygen atoms in total. The Balaban J connectivity index is 1.44. The van der Waals surface area contributed by atoms with E-state index in [0.29, 0.717) is 0 Å². The van der Waals surface area contributed by atoms with Gasteiger partial charge in [0.1, 0.15) is 0 Å². The molecule has 0 aliphatic carbocycles. The Bertz CT molecular complexity index is 1960. The minimum absolute atomic E-state index is 1.18. The van der Waals surface area contributed by atoms with Crippen molar-refractivity contribution in [3.8, 4) is 27.9 Å². The summed E-state index contributed by atoms with van der Waals surface area (Å²) >= 11 is 1.88. The maximum absolute atomic E-state index is 2.42. The lowest BCUT2D eigenvalue weighted by Gasteiger charge is -2.21. The van der Waals surface area contributed by atoms with Gasteiger partial charge in [-0.1, -0.05) is 103 Å². The summed E-state index contributed by atoms with van der Waals surface area (Å²) in [7, 11) is 0. The van der Waals surface area contributed by atoms with Gasteiger partial charge in [-0.05, 0) is 58.5 Å². The van der Waals surface area contributed by atoms with Gasteiger partial charge >= 0.3 is 0 Å². The van der Waals surface area contributed by atoms with Crippen LogP contribution in [0, 0.1) is 0 Å². The summed E-state index contributed by atoms with van der Waals surface area (Å²) in [5.41, 5.74) is 8.83. The fraction of sp³-hybridized carbons (Fsp3) is 0. The van der Waals surface area contributed by atoms with Crippen LogP contribution in [0.15, 0.2) is 137 Å². The summed E-state index contributed by atoms with van der Waals surface area (Å²) in [5.74, 6) is 0. The average Bonchev–Trinajstić information content (AvgIpc) is 3.28. The third kappa shape index (κ3) is 2.79. The molecule has 2 heterocycles. The molecule has 0 bridgehead atoms. The van der Waals surface area contributed by atoms with Crippen LogP contribution in [0.1, 0.15) is 0 Å². The lowest BCUT2D eigenvalue weighted by atomic mass is 9.94. The predicted octanol–water partition coefficient (Wildman–Crippen LogP) is 9.74. The lowest BCUT2D eigenvalue weighted by Crippen LogP contribution is -1.96. The number of para-hydroxylation sites is 3. The summed E-state index contributed by atoms with van der Waals surface area (Å²) < 4.78 is 2.42. The highest BCUT2D eigenvalue weighted by molar-refractivity contribution is 7.99. The number of rotatable bonds is 2. The van der Waals surface area contributed by atoms with E-state index in [2.05, 4.69) is 132 Å². The lowest BCUT2D eigenvalue weighted by molar-refractivity contribution is 1.18. The maximum atomic E-state index is 2.42. The van der Waals surface area contributed by atoms with Gasteiger partial charge in [0.2, 0.25) is 0 Å². The fourth-order valence-corrected chi connectivity index (χ4v) is 6.96. The van der Waals surface area contributed by atoms with E-state index in [-0.39, 0.29) is 0 Å². The molecule has 2 heteroatoms. The minimum Gasteiger partial charge on any atom is -0.309 e. The van der Waals surface area contributed by atoms with Gasteiger partial charge in [-0.2, -0.15) is 0 Å². The van der Waals surface area contributed by atoms with Gasteiger partial charge in [0.05, 0.1) is 11.0 Å². The first-order chi connectivity index (χ1) is 17.9. The van der Waals surface area contributed by atoms with Gasteiger partial charge in [-0.25, -0.2) is 0 Å². The predicted molar refractivity (Wildman–Crippen MR) is 153 cm³/mol. The Morgan fingerprint density at radius 2 is 1.25 bits per heavy atom. The minimum atomic E-state index is 1.18. The molecule has 8 rings (SSSR count). The van der Waals surface area contributed by atoms with Gasteiger partial charge in [-0.3, -0.25) is 0 Å². The monoisotopic (exact) mass is 475 g/mol. The van der Waals surface area contributed by atoms with Crippen LogP contribution in [-0.4, -0.2) is 4.57 Å². The van der Waals surface area contributed by atoms with Crippen molar-refractivity contribution in [1.29, 1.82) is 0 Å². The molecule has 36 heavy (non-hydrogen) atoms. The summed E-state index contributed by atoms with van der Waals surface area (Å²) in [4.78, 5) is 2.66. The van der Waals surface area contributed by atoms with Crippen LogP contribution in [0.4, 0.5) is 0 Å². The fourth-order valence-electron chi connectivity index (χ4n) is 5.83. The SMILES string of the molecule is c1ccc(-n2c3ccccc3c3cccc(-c4ccc5c(c4)-c4cccc6cccc(c46)S5)c32)cc1. The summed E-state index contributed by atoms with van der Waals surface area (Å²) in [6.45, 7) is 0. The average molecular weight is 476 g/mol. The van der Waals surface area contributed by atoms with E-state index in [1.54, 1.807) is 0 Å². The zero-order chi connectivity index (χ0) is 23.6. The van der Waals surface area contributed by atoms with Crippen LogP contribution >= 0.6 is 11.8 Å². The molecule has 0 saturated carbocycles. The van der Waals surface area contributed by atoms with Gasteiger partial charge in [0.25, 0.3) is 0 Å². The Kier molecular flexibility index (Phi) is 4.22. The van der Waals surface area contributed by atoms with E-state index < -0.39 is 0 Å². The van der Waals surface area contributed by atoms with Crippen LogP contribution in [0.25, 0.3) is 60.5 Å². The van der Waals surface area contributed by atoms with Crippen LogP contribution < -0.4 is 0 Å². The van der Waals surface area contributed by atoms with Crippen molar-refractivity contribution >= 4 is 44.3 Å². The first kappa shape index (κ1) is 20.0. The van der Waals surface area contributed by atoms with E-state index in [4.69, 9.17) is 0 Å². The smallest absolute Gasteiger partial charge is 0.0619 e. The second-order valence-electron chi connectivity index (χ2n) is 9.36. The van der Waals surface area contributed by atoms with Crippen LogP contribution in [0.5, 0.6) is 0 Å². The molecule has 7 aromatic rings. The molecule has 1 aliphatic rings. The highest BCUT2D eigenvalue weighted by Gasteiger charge is 2.21. The van der Waals surface area contributed by atoms with Crippen LogP contribution in [0.2, 0.25) is 0 Å². The van der Waals surface area contributed by atoms with Crippen molar-refractivity contribution in [3.63, 3.8) is 0 Å². The summed E-state index contributed by atoms with van der Waals surface area (Å²) in [5, 5.41) is 5.24. The third-order valence-corrected chi connectivity index (χ3v) is 8.51. The number of benzene rings is 6. The molecule has 168 valence electrons. The number of aromatic nitrogens is 1. The molecule has 0 unspecified atom stereocenters. The summed E-state index contributed by atoms with van der Waals surface area (Å²) in [6, 6.07) is 46.5. The molecule has 6 aromatic carbocycles. The number of nitrogens with zero attached hydrogens (tertiary/aromatic N) is 1. The number of hydrogen-bond acceptors (Lipinski definition) is 1. The first-order valence-electron chi connectivity index (χ1n) is 12.3.